The molecular formula is C10H15NO5. The molecular weight excluding hydrogens is 214 g/mol. The van der Waals surface area contributed by atoms with Gasteiger partial charge in [-0.05, 0) is 12.8 Å². The van der Waals surface area contributed by atoms with Gasteiger partial charge in [-0.2, -0.15) is 0 Å². The average molecular weight is 229 g/mol. The number of fused-ring (bicyclic) bond motifs is 2. The van der Waals surface area contributed by atoms with E-state index in [1.54, 1.807) is 0 Å². The molecule has 6 nitrogen and oxygen atoms in total. The van der Waals surface area contributed by atoms with Gasteiger partial charge in [0.1, 0.15) is 5.92 Å². The van der Waals surface area contributed by atoms with Crippen molar-refractivity contribution in [1.82, 2.24) is 5.32 Å². The molecule has 1 N–H and O–H groups in total. The monoisotopic (exact) mass is 229 g/mol. The van der Waals surface area contributed by atoms with Crippen molar-refractivity contribution in [3.8, 4) is 0 Å². The van der Waals surface area contributed by atoms with Crippen LogP contribution in [0.15, 0.2) is 0 Å². The third-order valence-electron chi connectivity index (χ3n) is 3.22. The van der Waals surface area contributed by atoms with Crippen LogP contribution in [0.5, 0.6) is 0 Å². The summed E-state index contributed by atoms with van der Waals surface area (Å²) in [4.78, 5) is 22.7. The Morgan fingerprint density at radius 3 is 2.50 bits per heavy atom. The molecule has 16 heavy (non-hydrogen) atoms. The minimum absolute atomic E-state index is 0.104. The van der Waals surface area contributed by atoms with Gasteiger partial charge in [0, 0.05) is 0 Å². The standard InChI is InChI=1S/C10H15NO5/c1-14-9(12)7-5-3-4-6(16-5)8(7)11-10(13)15-2/h5-8H,3-4H2,1-2H3,(H,11,13)/t5-,6+,7-,8+/m0/s1. The van der Waals surface area contributed by atoms with Crippen molar-refractivity contribution in [2.75, 3.05) is 14.2 Å². The molecule has 90 valence electrons. The fraction of sp³-hybridized carbons (Fsp3) is 0.800. The third-order valence-corrected chi connectivity index (χ3v) is 3.22. The van der Waals surface area contributed by atoms with Gasteiger partial charge in [0.2, 0.25) is 0 Å². The van der Waals surface area contributed by atoms with Crippen LogP contribution in [0.2, 0.25) is 0 Å². The molecule has 2 rings (SSSR count). The van der Waals surface area contributed by atoms with Gasteiger partial charge in [-0.3, -0.25) is 4.79 Å². The molecule has 2 heterocycles. The molecule has 2 aliphatic rings. The molecule has 0 aromatic carbocycles. The smallest absolute Gasteiger partial charge is 0.407 e. The van der Waals surface area contributed by atoms with E-state index in [9.17, 15) is 9.59 Å². The summed E-state index contributed by atoms with van der Waals surface area (Å²) in [5.74, 6) is -0.753. The zero-order chi connectivity index (χ0) is 11.7. The summed E-state index contributed by atoms with van der Waals surface area (Å²) in [6.07, 6.45) is 0.902. The molecule has 2 bridgehead atoms. The Kier molecular flexibility index (Phi) is 3.00. The summed E-state index contributed by atoms with van der Waals surface area (Å²) in [5, 5.41) is 2.64. The lowest BCUT2D eigenvalue weighted by atomic mass is 9.84. The Balaban J connectivity index is 2.08. The average Bonchev–Trinajstić information content (AvgIpc) is 2.88. The fourth-order valence-electron chi connectivity index (χ4n) is 2.49. The molecule has 0 aliphatic carbocycles. The highest BCUT2D eigenvalue weighted by Gasteiger charge is 2.53. The molecule has 4 atom stereocenters. The maximum Gasteiger partial charge on any atom is 0.407 e. The van der Waals surface area contributed by atoms with Gasteiger partial charge in [-0.15, -0.1) is 0 Å². The topological polar surface area (TPSA) is 73.9 Å². The first-order valence-electron chi connectivity index (χ1n) is 5.25. The Morgan fingerprint density at radius 2 is 1.88 bits per heavy atom. The van der Waals surface area contributed by atoms with E-state index < -0.39 is 12.0 Å². The van der Waals surface area contributed by atoms with Gasteiger partial charge < -0.3 is 19.5 Å². The van der Waals surface area contributed by atoms with Crippen LogP contribution >= 0.6 is 0 Å². The van der Waals surface area contributed by atoms with E-state index in [0.29, 0.717) is 0 Å². The molecule has 0 unspecified atom stereocenters. The summed E-state index contributed by atoms with van der Waals surface area (Å²) in [7, 11) is 2.63. The molecule has 0 spiro atoms. The van der Waals surface area contributed by atoms with Crippen LogP contribution in [-0.2, 0) is 19.0 Å². The van der Waals surface area contributed by atoms with Crippen LogP contribution in [0.4, 0.5) is 4.79 Å². The Hall–Kier alpha value is -1.30. The molecule has 0 aromatic heterocycles. The van der Waals surface area contributed by atoms with Crippen molar-refractivity contribution in [1.29, 1.82) is 0 Å². The zero-order valence-electron chi connectivity index (χ0n) is 9.26. The first kappa shape index (κ1) is 11.2. The Labute approximate surface area is 93.2 Å². The van der Waals surface area contributed by atoms with Crippen LogP contribution in [0.1, 0.15) is 12.8 Å². The van der Waals surface area contributed by atoms with Crippen molar-refractivity contribution >= 4 is 12.1 Å². The van der Waals surface area contributed by atoms with Crippen molar-refractivity contribution in [2.24, 2.45) is 5.92 Å². The second-order valence-corrected chi connectivity index (χ2v) is 4.00. The van der Waals surface area contributed by atoms with Crippen LogP contribution in [-0.4, -0.2) is 44.5 Å². The van der Waals surface area contributed by atoms with E-state index in [0.717, 1.165) is 12.8 Å². The normalized spacial score (nSPS) is 35.9. The van der Waals surface area contributed by atoms with Crippen molar-refractivity contribution in [2.45, 2.75) is 31.1 Å². The van der Waals surface area contributed by atoms with E-state index in [2.05, 4.69) is 10.1 Å². The molecule has 0 radical (unpaired) electrons. The summed E-state index contributed by atoms with van der Waals surface area (Å²) >= 11 is 0. The molecule has 2 fully saturated rings. The predicted molar refractivity (Wildman–Crippen MR) is 52.7 cm³/mol. The summed E-state index contributed by atoms with van der Waals surface area (Å²) in [6, 6.07) is -0.335. The number of methoxy groups -OCH3 is 2. The van der Waals surface area contributed by atoms with Crippen molar-refractivity contribution in [3.05, 3.63) is 0 Å². The summed E-state index contributed by atoms with van der Waals surface area (Å²) < 4.78 is 14.8. The van der Waals surface area contributed by atoms with Crippen molar-refractivity contribution in [3.63, 3.8) is 0 Å². The van der Waals surface area contributed by atoms with Crippen LogP contribution in [0, 0.1) is 5.92 Å². The molecule has 0 saturated carbocycles. The van der Waals surface area contributed by atoms with Gasteiger partial charge in [0.25, 0.3) is 0 Å². The molecule has 1 amide bonds. The lowest BCUT2D eigenvalue weighted by Crippen LogP contribution is -2.49. The van der Waals surface area contributed by atoms with Gasteiger partial charge in [0.15, 0.2) is 0 Å². The van der Waals surface area contributed by atoms with Gasteiger partial charge in [-0.25, -0.2) is 4.79 Å². The number of ether oxygens (including phenoxy) is 3. The van der Waals surface area contributed by atoms with Crippen LogP contribution in [0.3, 0.4) is 0 Å². The number of alkyl carbamates (subject to hydrolysis) is 1. The largest absolute Gasteiger partial charge is 0.469 e. The highest BCUT2D eigenvalue weighted by molar-refractivity contribution is 5.76. The molecule has 0 aromatic rings. The lowest BCUT2D eigenvalue weighted by molar-refractivity contribution is -0.147. The summed E-state index contributed by atoms with van der Waals surface area (Å²) in [6.45, 7) is 0. The van der Waals surface area contributed by atoms with E-state index in [1.165, 1.54) is 14.2 Å². The zero-order valence-corrected chi connectivity index (χ0v) is 9.26. The van der Waals surface area contributed by atoms with Crippen LogP contribution in [0.25, 0.3) is 0 Å². The quantitative estimate of drug-likeness (QED) is 0.678. The summed E-state index contributed by atoms with van der Waals surface area (Å²) in [5.41, 5.74) is 0. The number of amides is 1. The van der Waals surface area contributed by atoms with E-state index in [1.807, 2.05) is 0 Å². The highest BCUT2D eigenvalue weighted by atomic mass is 16.6. The lowest BCUT2D eigenvalue weighted by Gasteiger charge is -2.25. The predicted octanol–water partition coefficient (Wildman–Crippen LogP) is 0.0614. The number of nitrogens with one attached hydrogen (secondary N) is 1. The molecule has 2 aliphatic heterocycles. The maximum atomic E-state index is 11.6. The van der Waals surface area contributed by atoms with Gasteiger partial charge in [-0.1, -0.05) is 0 Å². The van der Waals surface area contributed by atoms with E-state index in [-0.39, 0.29) is 24.2 Å². The Bertz CT molecular complexity index is 306. The molecule has 2 saturated heterocycles. The Morgan fingerprint density at radius 1 is 1.19 bits per heavy atom. The minimum atomic E-state index is -0.546. The first-order valence-corrected chi connectivity index (χ1v) is 5.25. The fourth-order valence-corrected chi connectivity index (χ4v) is 2.49. The minimum Gasteiger partial charge on any atom is -0.469 e. The van der Waals surface area contributed by atoms with Crippen LogP contribution < -0.4 is 5.32 Å². The van der Waals surface area contributed by atoms with E-state index in [4.69, 9.17) is 9.47 Å². The first-order chi connectivity index (χ1) is 7.67. The molecule has 6 heteroatoms. The number of hydrogen-bond acceptors (Lipinski definition) is 5. The van der Waals surface area contributed by atoms with E-state index >= 15 is 0 Å². The number of carbonyl (C=O) groups is 2. The third kappa shape index (κ3) is 1.73. The number of rotatable bonds is 2. The van der Waals surface area contributed by atoms with Gasteiger partial charge in [0.05, 0.1) is 32.5 Å². The SMILES string of the molecule is COC(=O)N[C@H]1[C@@H](C(=O)OC)[C@@H]2CC[C@H]1O2. The van der Waals surface area contributed by atoms with Crippen molar-refractivity contribution < 1.29 is 23.8 Å². The number of hydrogen-bond donors (Lipinski definition) is 1. The highest BCUT2D eigenvalue weighted by Crippen LogP contribution is 2.39. The van der Waals surface area contributed by atoms with Gasteiger partial charge >= 0.3 is 12.1 Å². The second kappa shape index (κ2) is 4.29. The maximum absolute atomic E-state index is 11.6. The number of carbonyl (C=O) groups excluding carboxylic acids is 2. The second-order valence-electron chi connectivity index (χ2n) is 4.00. The number of esters is 1.